The minimum Gasteiger partial charge on any atom is -0.341 e. The zero-order valence-corrected chi connectivity index (χ0v) is 10.6. The molecule has 0 atom stereocenters. The molecule has 2 rings (SSSR count). The van der Waals surface area contributed by atoms with Crippen molar-refractivity contribution in [3.63, 3.8) is 0 Å². The van der Waals surface area contributed by atoms with Crippen LogP contribution in [0.2, 0.25) is 0 Å². The molecule has 0 radical (unpaired) electrons. The number of hydrogen-bond acceptors (Lipinski definition) is 2. The fourth-order valence-corrected chi connectivity index (χ4v) is 2.02. The predicted molar refractivity (Wildman–Crippen MR) is 65.7 cm³/mol. The molecule has 18 heavy (non-hydrogen) atoms. The highest BCUT2D eigenvalue weighted by Gasteiger charge is 2.40. The van der Waals surface area contributed by atoms with Crippen LogP contribution in [0.1, 0.15) is 19.4 Å². The Morgan fingerprint density at radius 2 is 2.00 bits per heavy atom. The second-order valence-electron chi connectivity index (χ2n) is 5.02. The topological polar surface area (TPSA) is 49.4 Å². The van der Waals surface area contributed by atoms with E-state index >= 15 is 0 Å². The summed E-state index contributed by atoms with van der Waals surface area (Å²) >= 11 is 0. The van der Waals surface area contributed by atoms with Crippen molar-refractivity contribution in [1.82, 2.24) is 5.32 Å². The summed E-state index contributed by atoms with van der Waals surface area (Å²) in [4.78, 5) is 25.0. The van der Waals surface area contributed by atoms with Crippen LogP contribution in [-0.2, 0) is 9.59 Å². The lowest BCUT2D eigenvalue weighted by molar-refractivity contribution is -0.134. The van der Waals surface area contributed by atoms with Crippen molar-refractivity contribution in [3.05, 3.63) is 29.6 Å². The van der Waals surface area contributed by atoms with Crippen LogP contribution in [-0.4, -0.2) is 23.9 Å². The Labute approximate surface area is 105 Å². The summed E-state index contributed by atoms with van der Waals surface area (Å²) in [5, 5.41) is 2.59. The van der Waals surface area contributed by atoms with Gasteiger partial charge in [-0.25, -0.2) is 4.39 Å². The first kappa shape index (κ1) is 12.5. The van der Waals surface area contributed by atoms with Gasteiger partial charge >= 0.3 is 0 Å². The van der Waals surface area contributed by atoms with Crippen LogP contribution in [0, 0.1) is 12.7 Å². The average molecular weight is 250 g/mol. The number of benzene rings is 1. The summed E-state index contributed by atoms with van der Waals surface area (Å²) in [6, 6.07) is 4.50. The van der Waals surface area contributed by atoms with E-state index in [0.29, 0.717) is 0 Å². The molecular weight excluding hydrogens is 235 g/mol. The summed E-state index contributed by atoms with van der Waals surface area (Å²) in [5.41, 5.74) is -0.0168. The fourth-order valence-electron chi connectivity index (χ4n) is 2.02. The lowest BCUT2D eigenvalue weighted by Gasteiger charge is -2.37. The summed E-state index contributed by atoms with van der Waals surface area (Å²) in [6.07, 6.45) is 0. The summed E-state index contributed by atoms with van der Waals surface area (Å²) in [6.45, 7) is 4.87. The molecule has 0 aliphatic carbocycles. The lowest BCUT2D eigenvalue weighted by atomic mass is 9.99. The van der Waals surface area contributed by atoms with E-state index in [1.54, 1.807) is 26.0 Å². The number of halogens is 1. The summed E-state index contributed by atoms with van der Waals surface area (Å²) in [7, 11) is 0. The fraction of sp³-hybridized carbons (Fsp3) is 0.385. The minimum atomic E-state index is -1.01. The van der Waals surface area contributed by atoms with Crippen molar-refractivity contribution in [2.75, 3.05) is 11.4 Å². The summed E-state index contributed by atoms with van der Waals surface area (Å²) < 4.78 is 13.8. The molecule has 0 spiro atoms. The number of carbonyl (C=O) groups is 2. The summed E-state index contributed by atoms with van der Waals surface area (Å²) in [5.74, 6) is -1.11. The Balaban J connectivity index is 2.46. The SMILES string of the molecule is Cc1ccc(F)c(N2CC(=O)NC(C)(C)C2=O)c1. The molecule has 2 amide bonds. The van der Waals surface area contributed by atoms with E-state index in [9.17, 15) is 14.0 Å². The Hall–Kier alpha value is -1.91. The largest absolute Gasteiger partial charge is 0.341 e. The van der Waals surface area contributed by atoms with Gasteiger partial charge in [-0.3, -0.25) is 14.5 Å². The molecule has 1 aliphatic heterocycles. The molecular formula is C13H15FN2O2. The van der Waals surface area contributed by atoms with Gasteiger partial charge in [0, 0.05) is 0 Å². The monoisotopic (exact) mass is 250 g/mol. The van der Waals surface area contributed by atoms with Gasteiger partial charge in [-0.1, -0.05) is 6.07 Å². The highest BCUT2D eigenvalue weighted by molar-refractivity contribution is 6.08. The van der Waals surface area contributed by atoms with Gasteiger partial charge in [-0.2, -0.15) is 0 Å². The van der Waals surface area contributed by atoms with Gasteiger partial charge in [0.1, 0.15) is 17.9 Å². The van der Waals surface area contributed by atoms with Gasteiger partial charge in [-0.15, -0.1) is 0 Å². The molecule has 4 nitrogen and oxygen atoms in total. The number of aryl methyl sites for hydroxylation is 1. The highest BCUT2D eigenvalue weighted by atomic mass is 19.1. The molecule has 1 N–H and O–H groups in total. The number of nitrogens with one attached hydrogen (secondary N) is 1. The van der Waals surface area contributed by atoms with Crippen molar-refractivity contribution in [1.29, 1.82) is 0 Å². The van der Waals surface area contributed by atoms with Gasteiger partial charge in [0.2, 0.25) is 5.91 Å². The minimum absolute atomic E-state index is 0.150. The van der Waals surface area contributed by atoms with Crippen molar-refractivity contribution < 1.29 is 14.0 Å². The van der Waals surface area contributed by atoms with Gasteiger partial charge in [0.25, 0.3) is 5.91 Å². The highest BCUT2D eigenvalue weighted by Crippen LogP contribution is 2.25. The van der Waals surface area contributed by atoms with Crippen LogP contribution in [0.25, 0.3) is 0 Å². The second kappa shape index (κ2) is 4.08. The van der Waals surface area contributed by atoms with Crippen molar-refractivity contribution in [2.45, 2.75) is 26.3 Å². The third kappa shape index (κ3) is 2.08. The Kier molecular flexibility index (Phi) is 2.84. The molecule has 1 fully saturated rings. The quantitative estimate of drug-likeness (QED) is 0.818. The molecule has 0 aromatic heterocycles. The normalized spacial score (nSPS) is 18.8. The van der Waals surface area contributed by atoms with Crippen LogP contribution in [0.3, 0.4) is 0 Å². The molecule has 1 heterocycles. The maximum Gasteiger partial charge on any atom is 0.252 e. The predicted octanol–water partition coefficient (Wildman–Crippen LogP) is 1.38. The Morgan fingerprint density at radius 3 is 2.67 bits per heavy atom. The zero-order valence-electron chi connectivity index (χ0n) is 10.6. The second-order valence-corrected chi connectivity index (χ2v) is 5.02. The average Bonchev–Trinajstić information content (AvgIpc) is 2.26. The molecule has 1 aliphatic rings. The van der Waals surface area contributed by atoms with E-state index in [-0.39, 0.29) is 24.0 Å². The molecule has 0 saturated carbocycles. The van der Waals surface area contributed by atoms with Crippen molar-refractivity contribution in [2.24, 2.45) is 0 Å². The van der Waals surface area contributed by atoms with Crippen molar-refractivity contribution in [3.8, 4) is 0 Å². The number of nitrogens with zero attached hydrogens (tertiary/aromatic N) is 1. The van der Waals surface area contributed by atoms with Crippen LogP contribution >= 0.6 is 0 Å². The molecule has 0 unspecified atom stereocenters. The van der Waals surface area contributed by atoms with E-state index in [4.69, 9.17) is 0 Å². The maximum atomic E-state index is 13.8. The third-order valence-electron chi connectivity index (χ3n) is 2.93. The first-order chi connectivity index (χ1) is 8.31. The van der Waals surface area contributed by atoms with Gasteiger partial charge in [0.05, 0.1) is 5.69 Å². The van der Waals surface area contributed by atoms with Gasteiger partial charge in [0.15, 0.2) is 0 Å². The standard InChI is InChI=1S/C13H15FN2O2/c1-8-4-5-9(14)10(6-8)16-7-11(17)15-13(2,3)12(16)18/h4-6H,7H2,1-3H3,(H,15,17). The third-order valence-corrected chi connectivity index (χ3v) is 2.93. The Morgan fingerprint density at radius 1 is 1.33 bits per heavy atom. The van der Waals surface area contributed by atoms with E-state index in [1.165, 1.54) is 11.0 Å². The van der Waals surface area contributed by atoms with Gasteiger partial charge in [-0.05, 0) is 38.5 Å². The molecule has 5 heteroatoms. The first-order valence-electron chi connectivity index (χ1n) is 5.70. The maximum absolute atomic E-state index is 13.8. The number of rotatable bonds is 1. The van der Waals surface area contributed by atoms with E-state index in [1.807, 2.05) is 6.92 Å². The van der Waals surface area contributed by atoms with Crippen molar-refractivity contribution >= 4 is 17.5 Å². The van der Waals surface area contributed by atoms with Crippen LogP contribution < -0.4 is 10.2 Å². The molecule has 1 saturated heterocycles. The van der Waals surface area contributed by atoms with Crippen LogP contribution in [0.15, 0.2) is 18.2 Å². The number of carbonyl (C=O) groups excluding carboxylic acids is 2. The van der Waals surface area contributed by atoms with E-state index in [0.717, 1.165) is 5.56 Å². The smallest absolute Gasteiger partial charge is 0.252 e. The Bertz CT molecular complexity index is 526. The van der Waals surface area contributed by atoms with E-state index in [2.05, 4.69) is 5.32 Å². The number of anilines is 1. The number of piperazine rings is 1. The first-order valence-corrected chi connectivity index (χ1v) is 5.70. The zero-order chi connectivity index (χ0) is 13.5. The van der Waals surface area contributed by atoms with Gasteiger partial charge < -0.3 is 5.32 Å². The number of amides is 2. The van der Waals surface area contributed by atoms with Crippen LogP contribution in [0.4, 0.5) is 10.1 Å². The molecule has 1 aromatic rings. The van der Waals surface area contributed by atoms with Crippen LogP contribution in [0.5, 0.6) is 0 Å². The molecule has 0 bridgehead atoms. The lowest BCUT2D eigenvalue weighted by Crippen LogP contribution is -2.64. The van der Waals surface area contributed by atoms with E-state index < -0.39 is 11.4 Å². The number of hydrogen-bond donors (Lipinski definition) is 1. The molecule has 1 aromatic carbocycles. The molecule has 96 valence electrons.